The van der Waals surface area contributed by atoms with Gasteiger partial charge in [-0.3, -0.25) is 0 Å². The highest BCUT2D eigenvalue weighted by Gasteiger charge is 2.47. The first kappa shape index (κ1) is 18.8. The van der Waals surface area contributed by atoms with Crippen molar-refractivity contribution in [2.24, 2.45) is 10.4 Å². The average Bonchev–Trinajstić information content (AvgIpc) is 2.63. The van der Waals surface area contributed by atoms with Crippen molar-refractivity contribution in [1.29, 1.82) is 5.26 Å². The monoisotopic (exact) mass is 371 g/mol. The van der Waals surface area contributed by atoms with Crippen LogP contribution in [-0.4, -0.2) is 74.7 Å². The van der Waals surface area contributed by atoms with Crippen LogP contribution in [0.5, 0.6) is 5.75 Å². The summed E-state index contributed by atoms with van der Waals surface area (Å²) in [7, 11) is 5.34. The molecular weight excluding hydrogens is 346 g/mol. The number of hydrogen-bond acceptors (Lipinski definition) is 5. The SMILES string of the molecule is COc1cc(N=CN(C)C)c(C#N)cc1N1CC2(CCCN(C(=O)O)C2)C1. The molecule has 0 unspecified atom stereocenters. The van der Waals surface area contributed by atoms with Gasteiger partial charge in [-0.1, -0.05) is 0 Å². The Kier molecular flexibility index (Phi) is 5.13. The van der Waals surface area contributed by atoms with Gasteiger partial charge in [-0.25, -0.2) is 9.79 Å². The van der Waals surface area contributed by atoms with Gasteiger partial charge in [0, 0.05) is 51.8 Å². The van der Waals surface area contributed by atoms with Crippen LogP contribution < -0.4 is 9.64 Å². The Labute approximate surface area is 159 Å². The number of anilines is 1. The van der Waals surface area contributed by atoms with Crippen molar-refractivity contribution in [2.75, 3.05) is 52.3 Å². The Morgan fingerprint density at radius 1 is 1.41 bits per heavy atom. The molecule has 2 aliphatic heterocycles. The van der Waals surface area contributed by atoms with Gasteiger partial charge in [0.25, 0.3) is 0 Å². The summed E-state index contributed by atoms with van der Waals surface area (Å²) in [5.41, 5.74) is 1.91. The number of nitriles is 1. The molecule has 0 bridgehead atoms. The van der Waals surface area contributed by atoms with Crippen LogP contribution in [-0.2, 0) is 0 Å². The quantitative estimate of drug-likeness (QED) is 0.645. The number of methoxy groups -OCH3 is 1. The van der Waals surface area contributed by atoms with E-state index in [0.29, 0.717) is 30.1 Å². The Balaban J connectivity index is 1.82. The minimum Gasteiger partial charge on any atom is -0.495 e. The summed E-state index contributed by atoms with van der Waals surface area (Å²) in [5, 5.41) is 18.8. The second-order valence-electron chi connectivity index (χ2n) is 7.52. The molecule has 0 saturated carbocycles. The van der Waals surface area contributed by atoms with Crippen LogP contribution in [0.3, 0.4) is 0 Å². The standard InChI is InChI=1S/C19H25N5O3/c1-22(2)13-21-15-8-17(27-3)16(7-14(15)9-20)24-11-19(12-24)5-4-6-23(10-19)18(25)26/h7-8,13H,4-6,10-12H2,1-3H3,(H,25,26). The number of ether oxygens (including phenoxy) is 1. The lowest BCUT2D eigenvalue weighted by Crippen LogP contribution is -2.63. The zero-order valence-electron chi connectivity index (χ0n) is 16.0. The maximum atomic E-state index is 11.3. The molecule has 8 nitrogen and oxygen atoms in total. The van der Waals surface area contributed by atoms with Gasteiger partial charge in [0.1, 0.15) is 11.8 Å². The van der Waals surface area contributed by atoms with E-state index in [-0.39, 0.29) is 5.41 Å². The van der Waals surface area contributed by atoms with Crippen LogP contribution in [0.2, 0.25) is 0 Å². The molecule has 8 heteroatoms. The molecule has 0 aromatic heterocycles. The van der Waals surface area contributed by atoms with E-state index >= 15 is 0 Å². The van der Waals surface area contributed by atoms with E-state index in [4.69, 9.17) is 4.74 Å². The predicted octanol–water partition coefficient (Wildman–Crippen LogP) is 2.37. The molecule has 1 aromatic carbocycles. The molecule has 3 rings (SSSR count). The first-order valence-electron chi connectivity index (χ1n) is 8.93. The van der Waals surface area contributed by atoms with Crippen LogP contribution in [0.1, 0.15) is 18.4 Å². The van der Waals surface area contributed by atoms with E-state index in [9.17, 15) is 15.2 Å². The number of carboxylic acid groups (broad SMARTS) is 1. The zero-order chi connectivity index (χ0) is 19.6. The highest BCUT2D eigenvalue weighted by molar-refractivity contribution is 5.74. The Hall–Kier alpha value is -2.95. The number of likely N-dealkylation sites (tertiary alicyclic amines) is 1. The second-order valence-corrected chi connectivity index (χ2v) is 7.52. The Morgan fingerprint density at radius 2 is 2.15 bits per heavy atom. The normalized spacial score (nSPS) is 18.3. The highest BCUT2D eigenvalue weighted by Crippen LogP contribution is 2.45. The van der Waals surface area contributed by atoms with Crippen LogP contribution in [0.25, 0.3) is 0 Å². The lowest BCUT2D eigenvalue weighted by Gasteiger charge is -2.55. The van der Waals surface area contributed by atoms with Gasteiger partial charge < -0.3 is 24.5 Å². The molecule has 0 radical (unpaired) electrons. The molecule has 2 fully saturated rings. The van der Waals surface area contributed by atoms with Gasteiger partial charge in [0.05, 0.1) is 30.4 Å². The Morgan fingerprint density at radius 3 is 2.74 bits per heavy atom. The number of rotatable bonds is 4. The van der Waals surface area contributed by atoms with Crippen LogP contribution in [0.15, 0.2) is 17.1 Å². The summed E-state index contributed by atoms with van der Waals surface area (Å²) < 4.78 is 5.54. The smallest absolute Gasteiger partial charge is 0.407 e. The van der Waals surface area contributed by atoms with Crippen LogP contribution in [0.4, 0.5) is 16.2 Å². The summed E-state index contributed by atoms with van der Waals surface area (Å²) >= 11 is 0. The molecule has 0 aliphatic carbocycles. The molecule has 0 atom stereocenters. The largest absolute Gasteiger partial charge is 0.495 e. The number of aliphatic imine (C=N–C) groups is 1. The maximum absolute atomic E-state index is 11.3. The molecule has 1 spiro atoms. The lowest BCUT2D eigenvalue weighted by molar-refractivity contribution is 0.0585. The third kappa shape index (κ3) is 3.77. The zero-order valence-corrected chi connectivity index (χ0v) is 16.0. The van der Waals surface area contributed by atoms with Crippen molar-refractivity contribution in [3.63, 3.8) is 0 Å². The lowest BCUT2D eigenvalue weighted by atomic mass is 9.73. The molecule has 2 saturated heterocycles. The fourth-order valence-electron chi connectivity index (χ4n) is 3.91. The van der Waals surface area contributed by atoms with Gasteiger partial charge in [-0.2, -0.15) is 5.26 Å². The molecule has 2 aliphatic rings. The molecule has 27 heavy (non-hydrogen) atoms. The van der Waals surface area contributed by atoms with Gasteiger partial charge in [-0.15, -0.1) is 0 Å². The van der Waals surface area contributed by atoms with Gasteiger partial charge in [-0.05, 0) is 18.9 Å². The fourth-order valence-corrected chi connectivity index (χ4v) is 3.91. The van der Waals surface area contributed by atoms with Gasteiger partial charge >= 0.3 is 6.09 Å². The van der Waals surface area contributed by atoms with Crippen molar-refractivity contribution in [1.82, 2.24) is 9.80 Å². The van der Waals surface area contributed by atoms with E-state index in [2.05, 4.69) is 16.0 Å². The number of hydrogen-bond donors (Lipinski definition) is 1. The number of carbonyl (C=O) groups is 1. The molecular formula is C19H25N5O3. The van der Waals surface area contributed by atoms with Gasteiger partial charge in [0.15, 0.2) is 0 Å². The first-order chi connectivity index (χ1) is 12.9. The number of amides is 1. The van der Waals surface area contributed by atoms with E-state index in [1.54, 1.807) is 24.4 Å². The summed E-state index contributed by atoms with van der Waals surface area (Å²) in [6.07, 6.45) is 2.71. The third-order valence-electron chi connectivity index (χ3n) is 5.17. The molecule has 1 aromatic rings. The highest BCUT2D eigenvalue weighted by atomic mass is 16.5. The third-order valence-corrected chi connectivity index (χ3v) is 5.17. The predicted molar refractivity (Wildman–Crippen MR) is 103 cm³/mol. The topological polar surface area (TPSA) is 92.4 Å². The van der Waals surface area contributed by atoms with E-state index in [1.165, 1.54) is 4.90 Å². The van der Waals surface area contributed by atoms with Crippen molar-refractivity contribution >= 4 is 23.8 Å². The number of nitrogens with zero attached hydrogens (tertiary/aromatic N) is 5. The average molecular weight is 371 g/mol. The van der Waals surface area contributed by atoms with E-state index in [0.717, 1.165) is 31.6 Å². The van der Waals surface area contributed by atoms with Crippen molar-refractivity contribution in [2.45, 2.75) is 12.8 Å². The van der Waals surface area contributed by atoms with E-state index in [1.807, 2.05) is 20.2 Å². The van der Waals surface area contributed by atoms with Gasteiger partial charge in [0.2, 0.25) is 0 Å². The van der Waals surface area contributed by atoms with Crippen molar-refractivity contribution < 1.29 is 14.6 Å². The number of benzene rings is 1. The minimum absolute atomic E-state index is 0.00377. The summed E-state index contributed by atoms with van der Waals surface area (Å²) in [6.45, 7) is 2.70. The van der Waals surface area contributed by atoms with Crippen molar-refractivity contribution in [3.05, 3.63) is 17.7 Å². The molecule has 144 valence electrons. The molecule has 1 amide bonds. The molecule has 1 N–H and O–H groups in total. The Bertz CT molecular complexity index is 793. The first-order valence-corrected chi connectivity index (χ1v) is 8.93. The second kappa shape index (κ2) is 7.35. The number of piperidine rings is 1. The van der Waals surface area contributed by atoms with Crippen LogP contribution in [0, 0.1) is 16.7 Å². The van der Waals surface area contributed by atoms with Crippen LogP contribution >= 0.6 is 0 Å². The summed E-state index contributed by atoms with van der Waals surface area (Å²) in [6, 6.07) is 5.80. The summed E-state index contributed by atoms with van der Waals surface area (Å²) in [4.78, 5) is 21.1. The maximum Gasteiger partial charge on any atom is 0.407 e. The van der Waals surface area contributed by atoms with Crippen molar-refractivity contribution in [3.8, 4) is 11.8 Å². The fraction of sp³-hybridized carbons (Fsp3) is 0.526. The van der Waals surface area contributed by atoms with E-state index < -0.39 is 6.09 Å². The molecule has 2 heterocycles. The minimum atomic E-state index is -0.847. The summed E-state index contributed by atoms with van der Waals surface area (Å²) in [5.74, 6) is 0.667.